The largest absolute Gasteiger partial charge is 2.00 e. The molecular weight excluding hydrogens is 977 g/mol. The van der Waals surface area contributed by atoms with Crippen LogP contribution in [0.1, 0.15) is 346 Å². The molecule has 75 heavy (non-hydrogen) atoms. The van der Waals surface area contributed by atoms with Gasteiger partial charge in [0.2, 0.25) is 0 Å². The van der Waals surface area contributed by atoms with Gasteiger partial charge in [-0.3, -0.25) is 0 Å². The molecule has 0 saturated carbocycles. The molecule has 0 fully saturated rings. The summed E-state index contributed by atoms with van der Waals surface area (Å²) in [5, 5.41) is 0. The van der Waals surface area contributed by atoms with Crippen LogP contribution in [0.3, 0.4) is 0 Å². The zero-order chi connectivity index (χ0) is 53.7. The van der Waals surface area contributed by atoms with Gasteiger partial charge in [0.1, 0.15) is 20.2 Å². The number of hydrogen-bond acceptors (Lipinski definition) is 6. The molecule has 0 aliphatic carbocycles. The van der Waals surface area contributed by atoms with Gasteiger partial charge in [-0.15, -0.1) is 0 Å². The Bertz CT molecular complexity index is 1590. The van der Waals surface area contributed by atoms with E-state index < -0.39 is 20.2 Å². The summed E-state index contributed by atoms with van der Waals surface area (Å²) in [4.78, 5) is -0.0845. The Labute approximate surface area is 483 Å². The fourth-order valence-corrected chi connectivity index (χ4v) is 12.3. The molecule has 0 atom stereocenters. The molecule has 0 bridgehead atoms. The van der Waals surface area contributed by atoms with Gasteiger partial charge in [0.25, 0.3) is 0 Å². The van der Waals surface area contributed by atoms with E-state index in [4.69, 9.17) is 0 Å². The normalized spacial score (nSPS) is 11.7. The van der Waals surface area contributed by atoms with E-state index in [1.54, 1.807) is 24.3 Å². The van der Waals surface area contributed by atoms with E-state index in [2.05, 4.69) is 13.8 Å². The zero-order valence-electron chi connectivity index (χ0n) is 49.4. The fraction of sp³-hybridized carbons (Fsp3) is 0.818. The van der Waals surface area contributed by atoms with Crippen molar-refractivity contribution in [1.29, 1.82) is 0 Å². The Balaban J connectivity index is 0.00000144. The smallest absolute Gasteiger partial charge is 0.744 e. The van der Waals surface area contributed by atoms with Crippen LogP contribution in [0, 0.1) is 0 Å². The molecule has 6 nitrogen and oxygen atoms in total. The third-order valence-electron chi connectivity index (χ3n) is 15.6. The molecule has 2 aromatic carbocycles. The summed E-state index contributed by atoms with van der Waals surface area (Å²) in [5.41, 5.74) is 1.35. The number of hydrogen-bond donors (Lipinski definition) is 0. The van der Waals surface area contributed by atoms with Gasteiger partial charge in [-0.1, -0.05) is 358 Å². The molecule has 0 unspecified atom stereocenters. The van der Waals surface area contributed by atoms with Crippen LogP contribution in [0.5, 0.6) is 0 Å². The zero-order valence-corrected chi connectivity index (χ0v) is 52.4. The van der Waals surface area contributed by atoms with Crippen LogP contribution in [0.4, 0.5) is 0 Å². The summed E-state index contributed by atoms with van der Waals surface area (Å²) < 4.78 is 68.0. The fourth-order valence-electron chi connectivity index (χ4n) is 10.8. The molecule has 432 valence electrons. The predicted molar refractivity (Wildman–Crippen MR) is 324 cm³/mol. The quantitative estimate of drug-likeness (QED) is 0.0370. The van der Waals surface area contributed by atoms with Crippen molar-refractivity contribution in [3.8, 4) is 0 Å². The second-order valence-electron chi connectivity index (χ2n) is 22.6. The summed E-state index contributed by atoms with van der Waals surface area (Å²) in [6.07, 6.45) is 70.1. The van der Waals surface area contributed by atoms with Gasteiger partial charge >= 0.3 is 23.1 Å². The topological polar surface area (TPSA) is 114 Å². The second kappa shape index (κ2) is 55.0. The van der Waals surface area contributed by atoms with Crippen molar-refractivity contribution in [3.63, 3.8) is 0 Å². The Morgan fingerprint density at radius 3 is 0.560 bits per heavy atom. The molecule has 0 saturated heterocycles. The van der Waals surface area contributed by atoms with E-state index in [1.807, 2.05) is 12.1 Å². The van der Waals surface area contributed by atoms with Crippen molar-refractivity contribution < 1.29 is 25.9 Å². The molecule has 0 amide bonds. The Morgan fingerprint density at radius 1 is 0.253 bits per heavy atom. The number of benzene rings is 2. The summed E-state index contributed by atoms with van der Waals surface area (Å²) in [6, 6.07) is 13.3. The van der Waals surface area contributed by atoms with E-state index >= 15 is 0 Å². The minimum atomic E-state index is -4.36. The van der Waals surface area contributed by atoms with E-state index in [0.717, 1.165) is 25.7 Å². The average molecular weight is 1100 g/mol. The molecule has 0 aromatic heterocycles. The van der Waals surface area contributed by atoms with Crippen LogP contribution in [-0.2, 0) is 33.1 Å². The first-order valence-electron chi connectivity index (χ1n) is 32.2. The van der Waals surface area contributed by atoms with Crippen molar-refractivity contribution in [3.05, 3.63) is 59.7 Å². The van der Waals surface area contributed by atoms with Crippen molar-refractivity contribution in [2.24, 2.45) is 0 Å². The monoisotopic (exact) mass is 1090 g/mol. The maximum atomic E-state index is 11.3. The van der Waals surface area contributed by atoms with E-state index in [1.165, 1.54) is 307 Å². The van der Waals surface area contributed by atoms with Crippen molar-refractivity contribution in [1.82, 2.24) is 0 Å². The van der Waals surface area contributed by atoms with Crippen LogP contribution in [0.2, 0.25) is 0 Å². The summed E-state index contributed by atoms with van der Waals surface area (Å²) in [6.45, 7) is 4.58. The van der Waals surface area contributed by atoms with Crippen LogP contribution < -0.4 is 0 Å². The van der Waals surface area contributed by atoms with Gasteiger partial charge < -0.3 is 9.11 Å². The first-order valence-corrected chi connectivity index (χ1v) is 35.0. The van der Waals surface area contributed by atoms with Gasteiger partial charge in [-0.2, -0.15) is 0 Å². The third kappa shape index (κ3) is 48.6. The van der Waals surface area contributed by atoms with Gasteiger partial charge in [0.15, 0.2) is 0 Å². The van der Waals surface area contributed by atoms with E-state index in [0.29, 0.717) is 24.0 Å². The molecule has 0 heterocycles. The number of aryl methyl sites for hydroxylation is 2. The SMILES string of the molecule is CCCCCCCCCCCCCCCCCCCCCCCCCCCc1ccccc1S(=O)(=O)[O-].CCCCCCCCCCCCCCCCCCCCCCCCCCCc1ccccc1S(=O)(=O)[O-].[Mg+2]. The Hall–Kier alpha value is -0.974. The van der Waals surface area contributed by atoms with Gasteiger partial charge in [-0.05, 0) is 48.9 Å². The van der Waals surface area contributed by atoms with Gasteiger partial charge in [0, 0.05) is 0 Å². The molecular formula is C66H118MgO6S2. The number of rotatable bonds is 54. The molecule has 9 heteroatoms. The minimum Gasteiger partial charge on any atom is -0.744 e. The molecule has 2 rings (SSSR count). The van der Waals surface area contributed by atoms with Gasteiger partial charge in [-0.25, -0.2) is 16.8 Å². The molecule has 0 radical (unpaired) electrons. The minimum absolute atomic E-state index is 0. The first-order chi connectivity index (χ1) is 36.1. The van der Waals surface area contributed by atoms with E-state index in [9.17, 15) is 25.9 Å². The summed E-state index contributed by atoms with van der Waals surface area (Å²) >= 11 is 0. The average Bonchev–Trinajstić information content (AvgIpc) is 3.38. The molecule has 0 spiro atoms. The van der Waals surface area contributed by atoms with Crippen LogP contribution in [0.25, 0.3) is 0 Å². The third-order valence-corrected chi connectivity index (χ3v) is 17.5. The van der Waals surface area contributed by atoms with Gasteiger partial charge in [0.05, 0.1) is 9.79 Å². The summed E-state index contributed by atoms with van der Waals surface area (Å²) in [7, 11) is -8.73. The first kappa shape index (κ1) is 74.0. The van der Waals surface area contributed by atoms with Crippen molar-refractivity contribution in [2.45, 2.75) is 358 Å². The van der Waals surface area contributed by atoms with E-state index in [-0.39, 0.29) is 32.8 Å². The summed E-state index contributed by atoms with van der Waals surface area (Å²) in [5.74, 6) is 0. The molecule has 0 N–H and O–H groups in total. The Morgan fingerprint density at radius 2 is 0.400 bits per heavy atom. The Kier molecular flexibility index (Phi) is 54.2. The maximum absolute atomic E-state index is 11.3. The van der Waals surface area contributed by atoms with Crippen molar-refractivity contribution >= 4 is 43.3 Å². The standard InChI is InChI=1S/2C33H60O3S.Mg/c2*1-2-3-4-5-6-7-8-9-10-11-12-13-14-15-16-17-18-19-20-21-22-23-24-25-26-29-32-30-27-28-31-33(32)37(34,35)36;/h2*27-28,30-31H,2-26,29H2,1H3,(H,34,35,36);/q;;+2/p-2. The van der Waals surface area contributed by atoms with Crippen molar-refractivity contribution in [2.75, 3.05) is 0 Å². The molecule has 0 aliphatic rings. The molecule has 0 aliphatic heterocycles. The maximum Gasteiger partial charge on any atom is 2.00 e. The van der Waals surface area contributed by atoms with Crippen LogP contribution in [0.15, 0.2) is 58.3 Å². The molecule has 2 aromatic rings. The predicted octanol–water partition coefficient (Wildman–Crippen LogP) is 21.4. The van der Waals surface area contributed by atoms with Crippen LogP contribution in [-0.4, -0.2) is 49.0 Å². The second-order valence-corrected chi connectivity index (χ2v) is 25.3. The number of unbranched alkanes of at least 4 members (excludes halogenated alkanes) is 48. The van der Waals surface area contributed by atoms with Crippen LogP contribution >= 0.6 is 0 Å².